The van der Waals surface area contributed by atoms with Crippen LogP contribution in [0.3, 0.4) is 0 Å². The molecule has 6 heteroatoms. The van der Waals surface area contributed by atoms with Gasteiger partial charge in [-0.05, 0) is 31.5 Å². The van der Waals surface area contributed by atoms with Gasteiger partial charge in [0.25, 0.3) is 5.91 Å². The molecule has 2 fully saturated rings. The third kappa shape index (κ3) is 2.53. The lowest BCUT2D eigenvalue weighted by molar-refractivity contribution is 0.0566. The van der Waals surface area contributed by atoms with Gasteiger partial charge in [0.15, 0.2) is 0 Å². The lowest BCUT2D eigenvalue weighted by atomic mass is 10.1. The van der Waals surface area contributed by atoms with Crippen molar-refractivity contribution < 1.29 is 4.79 Å². The monoisotopic (exact) mass is 290 g/mol. The van der Waals surface area contributed by atoms with Crippen LogP contribution in [0.4, 0.5) is 0 Å². The second-order valence-corrected chi connectivity index (χ2v) is 5.82. The average Bonchev–Trinajstić information content (AvgIpc) is 2.94. The molecule has 1 aromatic rings. The van der Waals surface area contributed by atoms with Gasteiger partial charge in [0, 0.05) is 37.4 Å². The van der Waals surface area contributed by atoms with E-state index in [0.717, 1.165) is 19.6 Å². The molecule has 2 aliphatic rings. The van der Waals surface area contributed by atoms with Crippen LogP contribution in [0, 0.1) is 0 Å². The molecule has 1 amide bonds. The second-order valence-electron chi connectivity index (χ2n) is 5.38. The van der Waals surface area contributed by atoms with Gasteiger partial charge in [-0.3, -0.25) is 14.7 Å². The zero-order valence-corrected chi connectivity index (χ0v) is 12.1. The molecule has 3 rings (SSSR count). The summed E-state index contributed by atoms with van der Waals surface area (Å²) in [5.74, 6) is 0.00559. The molecule has 1 unspecified atom stereocenters. The summed E-state index contributed by atoms with van der Waals surface area (Å²) in [7, 11) is 0. The van der Waals surface area contributed by atoms with Gasteiger partial charge >= 0.3 is 0 Å². The predicted octanol–water partition coefficient (Wildman–Crippen LogP) is 0.636. The van der Waals surface area contributed by atoms with E-state index in [0.29, 0.717) is 22.3 Å². The maximum absolute atomic E-state index is 12.5. The number of carbonyl (C=O) groups excluding carboxylic acids is 1. The minimum Gasteiger partial charge on any atom is -0.389 e. The van der Waals surface area contributed by atoms with E-state index in [-0.39, 0.29) is 5.91 Å². The molecule has 1 aromatic heterocycles. The molecule has 20 heavy (non-hydrogen) atoms. The highest BCUT2D eigenvalue weighted by molar-refractivity contribution is 7.80. The first-order valence-corrected chi connectivity index (χ1v) is 7.35. The predicted molar refractivity (Wildman–Crippen MR) is 80.6 cm³/mol. The van der Waals surface area contributed by atoms with Crippen LogP contribution in [0.5, 0.6) is 0 Å². The van der Waals surface area contributed by atoms with Crippen LogP contribution in [0.2, 0.25) is 0 Å². The number of aromatic nitrogens is 1. The summed E-state index contributed by atoms with van der Waals surface area (Å²) in [6.45, 7) is 3.75. The van der Waals surface area contributed by atoms with Gasteiger partial charge in [-0.25, -0.2) is 0 Å². The van der Waals surface area contributed by atoms with Crippen LogP contribution < -0.4 is 5.73 Å². The minimum absolute atomic E-state index is 0.00559. The van der Waals surface area contributed by atoms with Gasteiger partial charge in [0.2, 0.25) is 0 Å². The normalized spacial score (nSPS) is 22.6. The molecular formula is C14H18N4OS. The lowest BCUT2D eigenvalue weighted by Crippen LogP contribution is -2.52. The van der Waals surface area contributed by atoms with Crippen molar-refractivity contribution in [1.82, 2.24) is 14.8 Å². The van der Waals surface area contributed by atoms with Gasteiger partial charge in [-0.2, -0.15) is 0 Å². The van der Waals surface area contributed by atoms with Crippen molar-refractivity contribution in [2.75, 3.05) is 26.2 Å². The summed E-state index contributed by atoms with van der Waals surface area (Å²) in [6, 6.07) is 4.00. The summed E-state index contributed by atoms with van der Waals surface area (Å²) in [5.41, 5.74) is 6.69. The molecule has 5 nitrogen and oxygen atoms in total. The fraction of sp³-hybridized carbons (Fsp3) is 0.500. The molecule has 2 saturated heterocycles. The topological polar surface area (TPSA) is 62.5 Å². The van der Waals surface area contributed by atoms with Gasteiger partial charge < -0.3 is 10.6 Å². The number of thiocarbonyl (C=S) groups is 1. The van der Waals surface area contributed by atoms with Crippen LogP contribution in [0.25, 0.3) is 0 Å². The molecule has 0 saturated carbocycles. The number of hydrogen-bond donors (Lipinski definition) is 1. The van der Waals surface area contributed by atoms with Crippen molar-refractivity contribution in [1.29, 1.82) is 0 Å². The van der Waals surface area contributed by atoms with E-state index in [1.165, 1.54) is 19.4 Å². The molecule has 0 bridgehead atoms. The van der Waals surface area contributed by atoms with Crippen molar-refractivity contribution >= 4 is 23.1 Å². The number of pyridine rings is 1. The second kappa shape index (κ2) is 5.46. The highest BCUT2D eigenvalue weighted by atomic mass is 32.1. The Balaban J connectivity index is 1.70. The summed E-state index contributed by atoms with van der Waals surface area (Å²) in [5, 5.41) is 0. The van der Waals surface area contributed by atoms with Crippen molar-refractivity contribution in [2.45, 2.75) is 18.9 Å². The van der Waals surface area contributed by atoms with E-state index in [4.69, 9.17) is 18.0 Å². The highest BCUT2D eigenvalue weighted by Gasteiger charge is 2.32. The van der Waals surface area contributed by atoms with Crippen LogP contribution >= 0.6 is 12.2 Å². The lowest BCUT2D eigenvalue weighted by Gasteiger charge is -2.37. The highest BCUT2D eigenvalue weighted by Crippen LogP contribution is 2.22. The van der Waals surface area contributed by atoms with Gasteiger partial charge in [-0.15, -0.1) is 0 Å². The maximum Gasteiger partial charge on any atom is 0.272 e. The van der Waals surface area contributed by atoms with E-state index >= 15 is 0 Å². The zero-order chi connectivity index (χ0) is 14.1. The molecule has 106 valence electrons. The van der Waals surface area contributed by atoms with Crippen molar-refractivity contribution in [3.63, 3.8) is 0 Å². The molecular weight excluding hydrogens is 272 g/mol. The van der Waals surface area contributed by atoms with Crippen LogP contribution in [-0.2, 0) is 0 Å². The van der Waals surface area contributed by atoms with Crippen molar-refractivity contribution in [3.8, 4) is 0 Å². The summed E-state index contributed by atoms with van der Waals surface area (Å²) >= 11 is 4.88. The SMILES string of the molecule is NC(=S)c1ccc(C(=O)N2CCN3CCCC3C2)nc1. The first kappa shape index (κ1) is 13.5. The van der Waals surface area contributed by atoms with Gasteiger partial charge in [0.1, 0.15) is 10.7 Å². The summed E-state index contributed by atoms with van der Waals surface area (Å²) < 4.78 is 0. The van der Waals surface area contributed by atoms with E-state index in [9.17, 15) is 4.79 Å². The van der Waals surface area contributed by atoms with Crippen LogP contribution in [0.1, 0.15) is 28.9 Å². The Morgan fingerprint density at radius 2 is 2.20 bits per heavy atom. The maximum atomic E-state index is 12.5. The van der Waals surface area contributed by atoms with E-state index in [1.54, 1.807) is 18.3 Å². The Morgan fingerprint density at radius 1 is 1.35 bits per heavy atom. The van der Waals surface area contributed by atoms with E-state index < -0.39 is 0 Å². The number of hydrogen-bond acceptors (Lipinski definition) is 4. The first-order valence-electron chi connectivity index (χ1n) is 6.94. The Kier molecular flexibility index (Phi) is 3.67. The number of rotatable bonds is 2. The molecule has 3 heterocycles. The average molecular weight is 290 g/mol. The molecule has 1 atom stereocenters. The summed E-state index contributed by atoms with van der Waals surface area (Å²) in [6.07, 6.45) is 4.01. The standard InChI is InChI=1S/C14H18N4OS/c15-13(20)10-3-4-12(16-8-10)14(19)18-7-6-17-5-1-2-11(17)9-18/h3-4,8,11H,1-2,5-7,9H2,(H2,15,20). The number of carbonyl (C=O) groups is 1. The van der Waals surface area contributed by atoms with Crippen LogP contribution in [-0.4, -0.2) is 57.9 Å². The first-order chi connectivity index (χ1) is 9.65. The molecule has 2 aliphatic heterocycles. The molecule has 0 spiro atoms. The quantitative estimate of drug-likeness (QED) is 0.810. The fourth-order valence-electron chi connectivity index (χ4n) is 3.00. The number of nitrogens with two attached hydrogens (primary N) is 1. The Hall–Kier alpha value is -1.53. The Bertz CT molecular complexity index is 530. The van der Waals surface area contributed by atoms with Crippen LogP contribution in [0.15, 0.2) is 18.3 Å². The third-order valence-electron chi connectivity index (χ3n) is 4.14. The Labute approximate surface area is 123 Å². The van der Waals surface area contributed by atoms with Crippen molar-refractivity contribution in [2.24, 2.45) is 5.73 Å². The zero-order valence-electron chi connectivity index (χ0n) is 11.3. The number of piperazine rings is 1. The number of nitrogens with zero attached hydrogens (tertiary/aromatic N) is 3. The third-order valence-corrected chi connectivity index (χ3v) is 4.38. The van der Waals surface area contributed by atoms with Crippen molar-refractivity contribution in [3.05, 3.63) is 29.6 Å². The number of fused-ring (bicyclic) bond motifs is 1. The summed E-state index contributed by atoms with van der Waals surface area (Å²) in [4.78, 5) is 21.3. The fourth-order valence-corrected chi connectivity index (χ4v) is 3.12. The molecule has 0 radical (unpaired) electrons. The molecule has 0 aromatic carbocycles. The molecule has 0 aliphatic carbocycles. The van der Waals surface area contributed by atoms with E-state index in [2.05, 4.69) is 9.88 Å². The Morgan fingerprint density at radius 3 is 2.90 bits per heavy atom. The largest absolute Gasteiger partial charge is 0.389 e. The van der Waals surface area contributed by atoms with E-state index in [1.807, 2.05) is 4.90 Å². The molecule has 2 N–H and O–H groups in total. The van der Waals surface area contributed by atoms with Gasteiger partial charge in [-0.1, -0.05) is 12.2 Å². The number of amides is 1. The van der Waals surface area contributed by atoms with Gasteiger partial charge in [0.05, 0.1) is 0 Å². The minimum atomic E-state index is 0.00559. The smallest absolute Gasteiger partial charge is 0.272 e.